The number of carbonyl (C=O) groups is 1. The lowest BCUT2D eigenvalue weighted by atomic mass is 9.78. The summed E-state index contributed by atoms with van der Waals surface area (Å²) in [6.45, 7) is 2.14. The van der Waals surface area contributed by atoms with E-state index in [1.807, 2.05) is 66.9 Å². The molecule has 3 aliphatic rings. The Balaban J connectivity index is 1.21. The second-order valence-electron chi connectivity index (χ2n) is 8.44. The van der Waals surface area contributed by atoms with Gasteiger partial charge in [-0.2, -0.15) is 0 Å². The Bertz CT molecular complexity index is 1020. The molecule has 2 aromatic carbocycles. The maximum Gasteiger partial charge on any atom is 0.411 e. The topological polar surface area (TPSA) is 63.7 Å². The zero-order valence-corrected chi connectivity index (χ0v) is 17.9. The van der Waals surface area contributed by atoms with Crippen LogP contribution in [0.4, 0.5) is 10.5 Å². The van der Waals surface area contributed by atoms with Crippen LogP contribution in [-0.4, -0.2) is 41.2 Å². The van der Waals surface area contributed by atoms with Crippen molar-refractivity contribution in [1.29, 1.82) is 0 Å². The highest BCUT2D eigenvalue weighted by atomic mass is 16.6. The first-order valence-corrected chi connectivity index (χ1v) is 11.2. The van der Waals surface area contributed by atoms with Crippen molar-refractivity contribution in [3.8, 4) is 11.5 Å². The molecule has 2 atom stereocenters. The van der Waals surface area contributed by atoms with Gasteiger partial charge in [0.15, 0.2) is 0 Å². The first-order valence-electron chi connectivity index (χ1n) is 11.2. The lowest BCUT2D eigenvalue weighted by Crippen LogP contribution is -2.60. The number of pyridine rings is 1. The van der Waals surface area contributed by atoms with Gasteiger partial charge in [-0.15, -0.1) is 0 Å². The molecule has 3 aromatic rings. The van der Waals surface area contributed by atoms with Gasteiger partial charge in [0.2, 0.25) is 0 Å². The number of amides is 1. The molecule has 3 saturated heterocycles. The Morgan fingerprint density at radius 1 is 0.969 bits per heavy atom. The number of nitrogens with one attached hydrogen (secondary N) is 1. The van der Waals surface area contributed by atoms with E-state index in [1.165, 1.54) is 5.56 Å². The van der Waals surface area contributed by atoms with Crippen molar-refractivity contribution in [2.24, 2.45) is 5.92 Å². The number of hydrogen-bond donors (Lipinski definition) is 1. The number of para-hydroxylation sites is 1. The maximum atomic E-state index is 12.7. The summed E-state index contributed by atoms with van der Waals surface area (Å²) in [5.41, 5.74) is 1.86. The summed E-state index contributed by atoms with van der Waals surface area (Å²) in [5.74, 6) is 1.90. The predicted octanol–water partition coefficient (Wildman–Crippen LogP) is 5.13. The third kappa shape index (κ3) is 4.75. The van der Waals surface area contributed by atoms with E-state index >= 15 is 0 Å². The summed E-state index contributed by atoms with van der Waals surface area (Å²) in [5, 5.41) is 2.88. The molecule has 0 aliphatic carbocycles. The lowest BCUT2D eigenvalue weighted by Gasteiger charge is -2.50. The Labute approximate surface area is 188 Å². The van der Waals surface area contributed by atoms with Crippen LogP contribution < -0.4 is 10.1 Å². The molecule has 3 fully saturated rings. The van der Waals surface area contributed by atoms with Crippen molar-refractivity contribution in [2.45, 2.75) is 31.4 Å². The molecule has 164 valence electrons. The zero-order chi connectivity index (χ0) is 21.8. The number of hydrogen-bond acceptors (Lipinski definition) is 5. The number of fused-ring (bicyclic) bond motifs is 3. The highest BCUT2D eigenvalue weighted by Crippen LogP contribution is 2.36. The van der Waals surface area contributed by atoms with Crippen LogP contribution >= 0.6 is 0 Å². The smallest absolute Gasteiger partial charge is 0.411 e. The summed E-state index contributed by atoms with van der Waals surface area (Å²) < 4.78 is 11.8. The van der Waals surface area contributed by atoms with Gasteiger partial charge in [0.05, 0.1) is 6.04 Å². The zero-order valence-electron chi connectivity index (χ0n) is 17.9. The van der Waals surface area contributed by atoms with Crippen LogP contribution in [0.15, 0.2) is 79.1 Å². The normalized spacial score (nSPS) is 24.0. The molecule has 4 heterocycles. The first-order chi connectivity index (χ1) is 15.7. The molecular formula is C26H27N3O3. The van der Waals surface area contributed by atoms with Crippen LogP contribution in [0.1, 0.15) is 18.4 Å². The number of rotatable bonds is 6. The second-order valence-corrected chi connectivity index (χ2v) is 8.44. The van der Waals surface area contributed by atoms with Gasteiger partial charge in [-0.25, -0.2) is 4.79 Å². The summed E-state index contributed by atoms with van der Waals surface area (Å²) >= 11 is 0. The van der Waals surface area contributed by atoms with E-state index in [9.17, 15) is 4.79 Å². The summed E-state index contributed by atoms with van der Waals surface area (Å²) in [4.78, 5) is 19.4. The van der Waals surface area contributed by atoms with E-state index in [4.69, 9.17) is 9.47 Å². The van der Waals surface area contributed by atoms with Gasteiger partial charge < -0.3 is 9.47 Å². The number of aromatic nitrogens is 1. The van der Waals surface area contributed by atoms with E-state index in [-0.39, 0.29) is 12.1 Å². The summed E-state index contributed by atoms with van der Waals surface area (Å²) in [6.07, 6.45) is 6.16. The fraction of sp³-hybridized carbons (Fsp3) is 0.308. The minimum Gasteiger partial charge on any atom is -0.457 e. The molecule has 0 spiro atoms. The van der Waals surface area contributed by atoms with E-state index in [1.54, 1.807) is 6.20 Å². The third-order valence-electron chi connectivity index (χ3n) is 6.38. The van der Waals surface area contributed by atoms with Crippen molar-refractivity contribution < 1.29 is 14.3 Å². The highest BCUT2D eigenvalue weighted by molar-refractivity contribution is 5.84. The molecule has 2 bridgehead atoms. The third-order valence-corrected chi connectivity index (χ3v) is 6.38. The van der Waals surface area contributed by atoms with Crippen molar-refractivity contribution in [3.63, 3.8) is 0 Å². The minimum absolute atomic E-state index is 0.113. The average molecular weight is 430 g/mol. The van der Waals surface area contributed by atoms with Crippen LogP contribution in [0.5, 0.6) is 11.5 Å². The molecule has 32 heavy (non-hydrogen) atoms. The van der Waals surface area contributed by atoms with Crippen LogP contribution in [0, 0.1) is 5.92 Å². The van der Waals surface area contributed by atoms with Gasteiger partial charge in [0.25, 0.3) is 0 Å². The van der Waals surface area contributed by atoms with Gasteiger partial charge in [-0.05, 0) is 80.4 Å². The molecule has 6 heteroatoms. The number of piperidine rings is 3. The number of ether oxygens (including phenoxy) is 2. The predicted molar refractivity (Wildman–Crippen MR) is 123 cm³/mol. The molecule has 0 saturated carbocycles. The molecule has 6 rings (SSSR count). The van der Waals surface area contributed by atoms with Gasteiger partial charge in [-0.1, -0.05) is 24.3 Å². The quantitative estimate of drug-likeness (QED) is 0.589. The van der Waals surface area contributed by atoms with Crippen molar-refractivity contribution in [1.82, 2.24) is 9.88 Å². The fourth-order valence-corrected chi connectivity index (χ4v) is 4.78. The first kappa shape index (κ1) is 20.5. The van der Waals surface area contributed by atoms with E-state index in [0.717, 1.165) is 38.1 Å². The molecule has 1 aromatic heterocycles. The molecule has 1 N–H and O–H groups in total. The Kier molecular flexibility index (Phi) is 6.03. The molecule has 0 radical (unpaired) electrons. The van der Waals surface area contributed by atoms with Gasteiger partial charge in [0.1, 0.15) is 17.6 Å². The molecule has 3 aliphatic heterocycles. The monoisotopic (exact) mass is 429 g/mol. The summed E-state index contributed by atoms with van der Waals surface area (Å²) in [7, 11) is 0. The van der Waals surface area contributed by atoms with Crippen LogP contribution in [0.2, 0.25) is 0 Å². The minimum atomic E-state index is -0.406. The van der Waals surface area contributed by atoms with E-state index in [2.05, 4.69) is 21.3 Å². The number of nitrogens with zero attached hydrogens (tertiary/aromatic N) is 2. The number of benzene rings is 2. The van der Waals surface area contributed by atoms with Crippen molar-refractivity contribution in [3.05, 3.63) is 84.7 Å². The van der Waals surface area contributed by atoms with Crippen LogP contribution in [-0.2, 0) is 11.2 Å². The summed E-state index contributed by atoms with van der Waals surface area (Å²) in [6, 6.07) is 21.2. The molecule has 1 amide bonds. The van der Waals surface area contributed by atoms with Crippen LogP contribution in [0.3, 0.4) is 0 Å². The fourth-order valence-electron chi connectivity index (χ4n) is 4.78. The largest absolute Gasteiger partial charge is 0.457 e. The van der Waals surface area contributed by atoms with E-state index < -0.39 is 6.09 Å². The Morgan fingerprint density at radius 2 is 1.72 bits per heavy atom. The Hall–Kier alpha value is -3.38. The highest BCUT2D eigenvalue weighted by Gasteiger charge is 2.44. The molecular weight excluding hydrogens is 402 g/mol. The van der Waals surface area contributed by atoms with Gasteiger partial charge in [-0.3, -0.25) is 15.2 Å². The molecule has 6 nitrogen and oxygen atoms in total. The number of anilines is 1. The average Bonchev–Trinajstić information content (AvgIpc) is 2.84. The van der Waals surface area contributed by atoms with Gasteiger partial charge >= 0.3 is 6.09 Å². The number of carbonyl (C=O) groups excluding carboxylic acids is 1. The van der Waals surface area contributed by atoms with Crippen LogP contribution in [0.25, 0.3) is 0 Å². The van der Waals surface area contributed by atoms with Gasteiger partial charge in [0, 0.05) is 24.0 Å². The second kappa shape index (κ2) is 9.40. The van der Waals surface area contributed by atoms with Crippen molar-refractivity contribution >= 4 is 11.8 Å². The Morgan fingerprint density at radius 3 is 2.44 bits per heavy atom. The van der Waals surface area contributed by atoms with Crippen molar-refractivity contribution in [2.75, 3.05) is 18.4 Å². The maximum absolute atomic E-state index is 12.7. The van der Waals surface area contributed by atoms with E-state index in [0.29, 0.717) is 17.4 Å². The lowest BCUT2D eigenvalue weighted by molar-refractivity contribution is -0.0741. The SMILES string of the molecule is O=C(Nc1ccc(Oc2ccccc2)cc1)OC1C2CCN(CC2)C1Cc1cccnc1. The standard InChI is InChI=1S/C26H27N3O3/c30-26(28-21-8-10-23(11-9-21)31-22-6-2-1-3-7-22)32-25-20-12-15-29(16-13-20)24(25)17-19-5-4-14-27-18-19/h1-11,14,18,20,24-25H,12-13,15-17H2,(H,28,30). The molecule has 2 unspecified atom stereocenters.